The van der Waals surface area contributed by atoms with Crippen LogP contribution in [0.15, 0.2) is 30.3 Å². The predicted molar refractivity (Wildman–Crippen MR) is 130 cm³/mol. The SMILES string of the molecule is CCNC(=O)N1CCc2c(c(C(=O)NC3C(C)(C)C45CC4CCC35C)nn2-c2ccccc2)C1. The van der Waals surface area contributed by atoms with Crippen molar-refractivity contribution < 1.29 is 9.59 Å². The summed E-state index contributed by atoms with van der Waals surface area (Å²) in [6, 6.07) is 10.0. The van der Waals surface area contributed by atoms with Gasteiger partial charge in [0.2, 0.25) is 0 Å². The molecule has 1 spiro atoms. The zero-order valence-electron chi connectivity index (χ0n) is 20.6. The van der Waals surface area contributed by atoms with E-state index in [1.54, 1.807) is 4.90 Å². The highest BCUT2D eigenvalue weighted by molar-refractivity contribution is 5.95. The summed E-state index contributed by atoms with van der Waals surface area (Å²) in [5.41, 5.74) is 3.95. The summed E-state index contributed by atoms with van der Waals surface area (Å²) in [5.74, 6) is 0.721. The van der Waals surface area contributed by atoms with Crippen LogP contribution in [-0.4, -0.2) is 45.8 Å². The van der Waals surface area contributed by atoms with Crippen molar-refractivity contribution in [2.45, 2.75) is 66.0 Å². The summed E-state index contributed by atoms with van der Waals surface area (Å²) in [6.45, 7) is 10.5. The Hall–Kier alpha value is -2.83. The van der Waals surface area contributed by atoms with E-state index < -0.39 is 0 Å². The third kappa shape index (κ3) is 2.61. The van der Waals surface area contributed by atoms with Crippen LogP contribution < -0.4 is 10.6 Å². The summed E-state index contributed by atoms with van der Waals surface area (Å²) < 4.78 is 1.90. The van der Waals surface area contributed by atoms with Gasteiger partial charge in [0.05, 0.1) is 17.9 Å². The summed E-state index contributed by atoms with van der Waals surface area (Å²) in [4.78, 5) is 28.2. The van der Waals surface area contributed by atoms with Crippen molar-refractivity contribution in [2.24, 2.45) is 22.2 Å². The third-order valence-corrected chi connectivity index (χ3v) is 9.81. The van der Waals surface area contributed by atoms with E-state index in [-0.39, 0.29) is 28.8 Å². The maximum atomic E-state index is 13.8. The molecule has 1 aromatic heterocycles. The molecule has 4 atom stereocenters. The van der Waals surface area contributed by atoms with Crippen LogP contribution >= 0.6 is 0 Å². The van der Waals surface area contributed by atoms with E-state index in [0.717, 1.165) is 22.9 Å². The Balaban J connectivity index is 1.34. The van der Waals surface area contributed by atoms with E-state index in [2.05, 4.69) is 31.4 Å². The summed E-state index contributed by atoms with van der Waals surface area (Å²) >= 11 is 0. The quantitative estimate of drug-likeness (QED) is 0.725. The summed E-state index contributed by atoms with van der Waals surface area (Å²) in [7, 11) is 0. The van der Waals surface area contributed by atoms with E-state index in [1.165, 1.54) is 19.3 Å². The number of hydrogen-bond acceptors (Lipinski definition) is 3. The molecule has 0 bridgehead atoms. The average Bonchev–Trinajstić information content (AvgIpc) is 3.41. The predicted octanol–water partition coefficient (Wildman–Crippen LogP) is 3.90. The van der Waals surface area contributed by atoms with Gasteiger partial charge in [0, 0.05) is 31.1 Å². The minimum absolute atomic E-state index is 0.0905. The van der Waals surface area contributed by atoms with E-state index in [9.17, 15) is 9.59 Å². The Bertz CT molecular complexity index is 1170. The lowest BCUT2D eigenvalue weighted by molar-refractivity contribution is -0.147. The van der Waals surface area contributed by atoms with E-state index in [1.807, 2.05) is 41.9 Å². The molecule has 2 heterocycles. The zero-order valence-corrected chi connectivity index (χ0v) is 20.6. The molecule has 4 aliphatic rings. The molecule has 1 aromatic carbocycles. The number of aromatic nitrogens is 2. The molecule has 7 nitrogen and oxygen atoms in total. The van der Waals surface area contributed by atoms with Crippen molar-refractivity contribution >= 4 is 11.9 Å². The van der Waals surface area contributed by atoms with Gasteiger partial charge in [0.15, 0.2) is 5.69 Å². The van der Waals surface area contributed by atoms with Gasteiger partial charge in [-0.25, -0.2) is 9.48 Å². The van der Waals surface area contributed by atoms with Gasteiger partial charge in [0.1, 0.15) is 0 Å². The largest absolute Gasteiger partial charge is 0.347 e. The summed E-state index contributed by atoms with van der Waals surface area (Å²) in [6.07, 6.45) is 4.45. The summed E-state index contributed by atoms with van der Waals surface area (Å²) in [5, 5.41) is 11.2. The van der Waals surface area contributed by atoms with Crippen LogP contribution in [-0.2, 0) is 13.0 Å². The van der Waals surface area contributed by atoms with Crippen molar-refractivity contribution in [3.8, 4) is 5.69 Å². The molecule has 180 valence electrons. The fourth-order valence-electron chi connectivity index (χ4n) is 8.34. The maximum absolute atomic E-state index is 13.8. The monoisotopic (exact) mass is 461 g/mol. The molecule has 2 N–H and O–H groups in total. The number of amides is 3. The molecule has 0 radical (unpaired) electrons. The number of urea groups is 1. The number of rotatable bonds is 4. The van der Waals surface area contributed by atoms with E-state index in [4.69, 9.17) is 5.10 Å². The lowest BCUT2D eigenvalue weighted by atomic mass is 9.41. The van der Waals surface area contributed by atoms with Crippen LogP contribution in [0.5, 0.6) is 0 Å². The highest BCUT2D eigenvalue weighted by Gasteiger charge is 2.85. The molecule has 6 rings (SSSR count). The Morgan fingerprint density at radius 3 is 2.65 bits per heavy atom. The standard InChI is InChI=1S/C27H35N5O2/c1-5-28-24(34)31-14-12-20-19(16-31)21(30-32(20)18-9-7-6-8-10-18)22(33)29-23-25(2,3)27-15-17(27)11-13-26(23,27)4/h6-10,17,23H,5,11-16H2,1-4H3,(H,28,34)(H,29,33). The van der Waals surface area contributed by atoms with Crippen LogP contribution in [0.3, 0.4) is 0 Å². The van der Waals surface area contributed by atoms with Gasteiger partial charge in [-0.1, -0.05) is 39.0 Å². The first-order valence-electron chi connectivity index (χ1n) is 12.7. The number of benzene rings is 1. The fourth-order valence-corrected chi connectivity index (χ4v) is 8.34. The van der Waals surface area contributed by atoms with E-state index >= 15 is 0 Å². The van der Waals surface area contributed by atoms with Crippen molar-refractivity contribution in [2.75, 3.05) is 13.1 Å². The van der Waals surface area contributed by atoms with Gasteiger partial charge in [-0.15, -0.1) is 0 Å². The van der Waals surface area contributed by atoms with Crippen LogP contribution in [0.25, 0.3) is 5.69 Å². The lowest BCUT2D eigenvalue weighted by Crippen LogP contribution is -2.71. The number of para-hydroxylation sites is 1. The molecule has 4 unspecified atom stereocenters. The molecular weight excluding hydrogens is 426 g/mol. The Morgan fingerprint density at radius 1 is 1.18 bits per heavy atom. The number of nitrogens with zero attached hydrogens (tertiary/aromatic N) is 3. The van der Waals surface area contributed by atoms with Gasteiger partial charge in [0.25, 0.3) is 5.91 Å². The van der Waals surface area contributed by atoms with Gasteiger partial charge in [-0.05, 0) is 60.5 Å². The number of fused-ring (bicyclic) bond motifs is 1. The van der Waals surface area contributed by atoms with Gasteiger partial charge in [-0.2, -0.15) is 5.10 Å². The minimum Gasteiger partial charge on any atom is -0.347 e. The fraction of sp³-hybridized carbons (Fsp3) is 0.593. The minimum atomic E-state index is -0.109. The normalized spacial score (nSPS) is 32.2. The zero-order chi connectivity index (χ0) is 23.9. The van der Waals surface area contributed by atoms with Gasteiger partial charge in [-0.3, -0.25) is 4.79 Å². The Labute approximate surface area is 201 Å². The highest BCUT2D eigenvalue weighted by atomic mass is 16.2. The molecule has 1 aliphatic heterocycles. The second-order valence-electron chi connectivity index (χ2n) is 11.5. The molecule has 3 fully saturated rings. The lowest BCUT2D eigenvalue weighted by Gasteiger charge is -2.66. The third-order valence-electron chi connectivity index (χ3n) is 9.81. The van der Waals surface area contributed by atoms with Gasteiger partial charge < -0.3 is 15.5 Å². The molecule has 3 saturated carbocycles. The highest BCUT2D eigenvalue weighted by Crippen LogP contribution is 2.88. The Kier molecular flexibility index (Phi) is 4.52. The second-order valence-corrected chi connectivity index (χ2v) is 11.5. The Morgan fingerprint density at radius 2 is 1.94 bits per heavy atom. The van der Waals surface area contributed by atoms with Crippen LogP contribution in [0.4, 0.5) is 4.79 Å². The molecular formula is C27H35N5O2. The van der Waals surface area contributed by atoms with E-state index in [0.29, 0.717) is 37.2 Å². The van der Waals surface area contributed by atoms with Crippen LogP contribution in [0, 0.1) is 22.2 Å². The second kappa shape index (κ2) is 7.09. The maximum Gasteiger partial charge on any atom is 0.317 e. The first kappa shape index (κ1) is 21.7. The molecule has 3 aliphatic carbocycles. The number of carbonyl (C=O) groups excluding carboxylic acids is 2. The first-order chi connectivity index (χ1) is 16.2. The van der Waals surface area contributed by atoms with Crippen molar-refractivity contribution in [3.05, 3.63) is 47.3 Å². The van der Waals surface area contributed by atoms with Crippen LogP contribution in [0.2, 0.25) is 0 Å². The topological polar surface area (TPSA) is 79.3 Å². The van der Waals surface area contributed by atoms with Gasteiger partial charge >= 0.3 is 6.03 Å². The average molecular weight is 462 g/mol. The van der Waals surface area contributed by atoms with Crippen molar-refractivity contribution in [1.29, 1.82) is 0 Å². The van der Waals surface area contributed by atoms with Crippen molar-refractivity contribution in [1.82, 2.24) is 25.3 Å². The smallest absolute Gasteiger partial charge is 0.317 e. The number of nitrogens with one attached hydrogen (secondary N) is 2. The molecule has 0 saturated heterocycles. The number of hydrogen-bond donors (Lipinski definition) is 2. The first-order valence-corrected chi connectivity index (χ1v) is 12.7. The number of carbonyl (C=O) groups is 2. The molecule has 7 heteroatoms. The molecule has 2 aromatic rings. The molecule has 34 heavy (non-hydrogen) atoms. The molecule has 3 amide bonds. The van der Waals surface area contributed by atoms with Crippen LogP contribution in [0.1, 0.15) is 68.7 Å². The van der Waals surface area contributed by atoms with Crippen molar-refractivity contribution in [3.63, 3.8) is 0 Å².